The van der Waals surface area contributed by atoms with Crippen molar-refractivity contribution < 1.29 is 22.7 Å². The molecule has 0 fully saturated rings. The van der Waals surface area contributed by atoms with Crippen molar-refractivity contribution in [3.8, 4) is 22.5 Å². The Labute approximate surface area is 232 Å². The number of hydrogen-bond donors (Lipinski definition) is 3. The first-order valence-corrected chi connectivity index (χ1v) is 12.8. The van der Waals surface area contributed by atoms with E-state index < -0.39 is 18.2 Å². The number of likely N-dealkylation sites (N-methyl/N-ethyl adjacent to an activating group) is 1. The molecule has 8 nitrogen and oxygen atoms in total. The van der Waals surface area contributed by atoms with Gasteiger partial charge >= 0.3 is 6.18 Å². The van der Waals surface area contributed by atoms with E-state index in [2.05, 4.69) is 38.4 Å². The van der Waals surface area contributed by atoms with E-state index in [-0.39, 0.29) is 17.3 Å². The average molecular weight is 564 g/mol. The standard InChI is InChI=1S/C29H25F4N7O/c1-39-12-10-17-8-9-21(14-19(17)16-39)36-28-34-15-22(30)26(37-28)24-23-7-2-3-11-40(23)38-25(24)18-5-4-6-20(13-18)35-27(41)29(31,32)33/h2-9,11,13-15,27,35,41H,10,12,16H2,1H3,(H,34,36,37). The molecule has 0 bridgehead atoms. The highest BCUT2D eigenvalue weighted by atomic mass is 19.4. The third kappa shape index (κ3) is 5.43. The van der Waals surface area contributed by atoms with Gasteiger partial charge in [-0.15, -0.1) is 0 Å². The maximum atomic E-state index is 15.4. The Morgan fingerprint density at radius 1 is 0.976 bits per heavy atom. The molecule has 1 aliphatic heterocycles. The highest BCUT2D eigenvalue weighted by molar-refractivity contribution is 5.91. The smallest absolute Gasteiger partial charge is 0.366 e. The van der Waals surface area contributed by atoms with E-state index in [1.165, 1.54) is 29.3 Å². The van der Waals surface area contributed by atoms with Crippen molar-refractivity contribution in [2.24, 2.45) is 0 Å². The van der Waals surface area contributed by atoms with Gasteiger partial charge in [-0.05, 0) is 61.0 Å². The van der Waals surface area contributed by atoms with Crippen LogP contribution in [0, 0.1) is 5.82 Å². The number of rotatable bonds is 6. The third-order valence-electron chi connectivity index (χ3n) is 6.94. The van der Waals surface area contributed by atoms with Crippen LogP contribution in [0.25, 0.3) is 28.0 Å². The number of nitrogens with one attached hydrogen (secondary N) is 2. The number of fused-ring (bicyclic) bond motifs is 2. The largest absolute Gasteiger partial charge is 0.433 e. The van der Waals surface area contributed by atoms with Gasteiger partial charge < -0.3 is 20.6 Å². The van der Waals surface area contributed by atoms with E-state index in [4.69, 9.17) is 0 Å². The minimum absolute atomic E-state index is 0.0129. The van der Waals surface area contributed by atoms with Crippen LogP contribution in [0.2, 0.25) is 0 Å². The summed E-state index contributed by atoms with van der Waals surface area (Å²) in [6, 6.07) is 17.2. The highest BCUT2D eigenvalue weighted by Crippen LogP contribution is 2.37. The summed E-state index contributed by atoms with van der Waals surface area (Å²) < 4.78 is 55.7. The summed E-state index contributed by atoms with van der Waals surface area (Å²) in [5.41, 5.74) is 4.80. The number of aliphatic hydroxyl groups is 1. The summed E-state index contributed by atoms with van der Waals surface area (Å²) in [7, 11) is 2.07. The maximum absolute atomic E-state index is 15.4. The summed E-state index contributed by atoms with van der Waals surface area (Å²) in [4.78, 5) is 10.9. The number of benzene rings is 2. The molecule has 0 saturated heterocycles. The van der Waals surface area contributed by atoms with Crippen molar-refractivity contribution in [3.63, 3.8) is 0 Å². The summed E-state index contributed by atoms with van der Waals surface area (Å²) in [5, 5.41) is 19.3. The van der Waals surface area contributed by atoms with E-state index in [0.29, 0.717) is 22.3 Å². The fraction of sp³-hybridized carbons (Fsp3) is 0.207. The van der Waals surface area contributed by atoms with E-state index in [9.17, 15) is 18.3 Å². The molecule has 0 saturated carbocycles. The quantitative estimate of drug-likeness (QED) is 0.183. The molecule has 2 aromatic carbocycles. The van der Waals surface area contributed by atoms with Crippen LogP contribution in [0.1, 0.15) is 11.1 Å². The zero-order chi connectivity index (χ0) is 28.7. The number of hydrogen-bond acceptors (Lipinski definition) is 7. The number of nitrogens with zero attached hydrogens (tertiary/aromatic N) is 5. The molecule has 1 aliphatic rings. The normalized spacial score (nSPS) is 14.6. The fourth-order valence-electron chi connectivity index (χ4n) is 4.94. The van der Waals surface area contributed by atoms with E-state index >= 15 is 4.39 Å². The van der Waals surface area contributed by atoms with Gasteiger partial charge in [-0.1, -0.05) is 24.3 Å². The van der Waals surface area contributed by atoms with E-state index in [1.807, 2.05) is 17.4 Å². The van der Waals surface area contributed by atoms with Crippen molar-refractivity contribution in [3.05, 3.63) is 90.0 Å². The number of alkyl halides is 3. The van der Waals surface area contributed by atoms with Crippen LogP contribution in [0.3, 0.4) is 0 Å². The Morgan fingerprint density at radius 3 is 2.66 bits per heavy atom. The monoisotopic (exact) mass is 563 g/mol. The molecule has 4 heterocycles. The Morgan fingerprint density at radius 2 is 1.83 bits per heavy atom. The Bertz CT molecular complexity index is 1740. The lowest BCUT2D eigenvalue weighted by atomic mass is 9.99. The Balaban J connectivity index is 1.40. The van der Waals surface area contributed by atoms with E-state index in [1.54, 1.807) is 35.0 Å². The van der Waals surface area contributed by atoms with Gasteiger partial charge in [0, 0.05) is 36.2 Å². The van der Waals surface area contributed by atoms with Gasteiger partial charge in [0.1, 0.15) is 11.4 Å². The molecule has 0 amide bonds. The number of halogens is 4. The maximum Gasteiger partial charge on any atom is 0.433 e. The number of pyridine rings is 1. The van der Waals surface area contributed by atoms with Gasteiger partial charge in [-0.25, -0.2) is 18.9 Å². The molecule has 210 valence electrons. The molecule has 5 aromatic rings. The lowest BCUT2D eigenvalue weighted by molar-refractivity contribution is -0.194. The summed E-state index contributed by atoms with van der Waals surface area (Å²) in [6.45, 7) is 1.81. The van der Waals surface area contributed by atoms with Gasteiger partial charge in [0.05, 0.1) is 17.3 Å². The average Bonchev–Trinajstić information content (AvgIpc) is 3.33. The van der Waals surface area contributed by atoms with Crippen molar-refractivity contribution >= 4 is 22.8 Å². The van der Waals surface area contributed by atoms with Crippen molar-refractivity contribution in [1.82, 2.24) is 24.5 Å². The predicted octanol–water partition coefficient (Wildman–Crippen LogP) is 5.62. The van der Waals surface area contributed by atoms with Crippen LogP contribution < -0.4 is 10.6 Å². The molecule has 3 aromatic heterocycles. The topological polar surface area (TPSA) is 90.6 Å². The predicted molar refractivity (Wildman–Crippen MR) is 147 cm³/mol. The molecule has 6 rings (SSSR count). The number of aliphatic hydroxyl groups excluding tert-OH is 1. The Kier molecular flexibility index (Phi) is 6.80. The molecule has 0 aliphatic carbocycles. The van der Waals surface area contributed by atoms with Crippen LogP contribution in [0.5, 0.6) is 0 Å². The summed E-state index contributed by atoms with van der Waals surface area (Å²) in [5.74, 6) is -0.514. The molecule has 1 unspecified atom stereocenters. The summed E-state index contributed by atoms with van der Waals surface area (Å²) >= 11 is 0. The third-order valence-corrected chi connectivity index (χ3v) is 6.94. The van der Waals surface area contributed by atoms with Crippen molar-refractivity contribution in [2.75, 3.05) is 24.2 Å². The second-order valence-electron chi connectivity index (χ2n) is 9.91. The van der Waals surface area contributed by atoms with Gasteiger partial charge in [0.2, 0.25) is 12.2 Å². The molecule has 12 heteroatoms. The van der Waals surface area contributed by atoms with E-state index in [0.717, 1.165) is 31.4 Å². The fourth-order valence-corrected chi connectivity index (χ4v) is 4.94. The van der Waals surface area contributed by atoms with Gasteiger partial charge in [-0.2, -0.15) is 18.3 Å². The van der Waals surface area contributed by atoms with Crippen LogP contribution in [0.15, 0.2) is 73.1 Å². The van der Waals surface area contributed by atoms with Gasteiger partial charge in [0.25, 0.3) is 0 Å². The minimum Gasteiger partial charge on any atom is -0.366 e. The first-order chi connectivity index (χ1) is 19.7. The van der Waals surface area contributed by atoms with Gasteiger partial charge in [0.15, 0.2) is 5.82 Å². The molecule has 0 spiro atoms. The first kappa shape index (κ1) is 26.7. The second-order valence-corrected chi connectivity index (χ2v) is 9.91. The molecular weight excluding hydrogens is 538 g/mol. The molecule has 1 atom stereocenters. The molecular formula is C29H25F4N7O. The SMILES string of the molecule is CN1CCc2ccc(Nc3ncc(F)c(-c4c(-c5cccc(NC(O)C(F)(F)F)c5)nn5ccccc45)n3)cc2C1. The Hall–Kier alpha value is -4.55. The zero-order valence-corrected chi connectivity index (χ0v) is 21.8. The second kappa shape index (κ2) is 10.5. The number of aromatic nitrogens is 4. The van der Waals surface area contributed by atoms with Crippen LogP contribution >= 0.6 is 0 Å². The zero-order valence-electron chi connectivity index (χ0n) is 21.8. The highest BCUT2D eigenvalue weighted by Gasteiger charge is 2.38. The molecule has 3 N–H and O–H groups in total. The van der Waals surface area contributed by atoms with Crippen LogP contribution in [-0.4, -0.2) is 55.6 Å². The van der Waals surface area contributed by atoms with Crippen molar-refractivity contribution in [1.29, 1.82) is 0 Å². The van der Waals surface area contributed by atoms with Crippen molar-refractivity contribution in [2.45, 2.75) is 25.4 Å². The lowest BCUT2D eigenvalue weighted by Gasteiger charge is -2.25. The lowest BCUT2D eigenvalue weighted by Crippen LogP contribution is -2.35. The van der Waals surface area contributed by atoms with Gasteiger partial charge in [-0.3, -0.25) is 0 Å². The van der Waals surface area contributed by atoms with Crippen LogP contribution in [0.4, 0.5) is 34.9 Å². The van der Waals surface area contributed by atoms with Crippen LogP contribution in [-0.2, 0) is 13.0 Å². The molecule has 41 heavy (non-hydrogen) atoms. The molecule has 0 radical (unpaired) electrons. The first-order valence-electron chi connectivity index (χ1n) is 12.8. The number of anilines is 3. The summed E-state index contributed by atoms with van der Waals surface area (Å²) in [6.07, 6.45) is -3.89. The minimum atomic E-state index is -4.86.